The Hall–Kier alpha value is -0.790. The van der Waals surface area contributed by atoms with Gasteiger partial charge in [0.2, 0.25) is 0 Å². The molecule has 0 aliphatic rings. The largest absolute Gasteiger partial charge is 0.310 e. The van der Waals surface area contributed by atoms with Gasteiger partial charge in [0.1, 0.15) is 0 Å². The minimum absolute atomic E-state index is 0.459. The molecule has 2 heteroatoms. The molecule has 1 aromatic carbocycles. The molecule has 1 unspecified atom stereocenters. The molecule has 0 aromatic heterocycles. The molecular weight excluding hydrogens is 254 g/mol. The molecule has 0 fully saturated rings. The summed E-state index contributed by atoms with van der Waals surface area (Å²) in [6.07, 6.45) is 9.30. The molecule has 1 aromatic rings. The summed E-state index contributed by atoms with van der Waals surface area (Å²) in [6.45, 7) is 7.04. The van der Waals surface area contributed by atoms with Crippen LogP contribution in [0.15, 0.2) is 36.9 Å². The Morgan fingerprint density at radius 2 is 1.95 bits per heavy atom. The first kappa shape index (κ1) is 16.3. The standard InChI is InChI=1S/C17H26ClN/c1-3-5-6-7-8-9-17(19-14-4-2)15-10-12-16(18)13-11-15/h3,10-13,17,19H,1,4-9,14H2,2H3. The fourth-order valence-electron chi connectivity index (χ4n) is 2.21. The maximum atomic E-state index is 5.95. The van der Waals surface area contributed by atoms with Gasteiger partial charge in [0.15, 0.2) is 0 Å². The van der Waals surface area contributed by atoms with Crippen molar-refractivity contribution in [3.05, 3.63) is 47.5 Å². The minimum Gasteiger partial charge on any atom is -0.310 e. The van der Waals surface area contributed by atoms with Crippen LogP contribution in [0.3, 0.4) is 0 Å². The molecular formula is C17H26ClN. The Labute approximate surface area is 123 Å². The summed E-state index contributed by atoms with van der Waals surface area (Å²) in [7, 11) is 0. The Balaban J connectivity index is 2.46. The van der Waals surface area contributed by atoms with Crippen molar-refractivity contribution in [2.24, 2.45) is 0 Å². The first-order valence-electron chi connectivity index (χ1n) is 7.37. The molecule has 0 saturated heterocycles. The SMILES string of the molecule is C=CCCCCCC(NCCC)c1ccc(Cl)cc1. The van der Waals surface area contributed by atoms with Crippen molar-refractivity contribution in [3.8, 4) is 0 Å². The van der Waals surface area contributed by atoms with Crippen LogP contribution in [-0.4, -0.2) is 6.54 Å². The Bertz CT molecular complexity index is 345. The molecule has 0 aliphatic carbocycles. The molecule has 0 heterocycles. The highest BCUT2D eigenvalue weighted by Crippen LogP contribution is 2.22. The lowest BCUT2D eigenvalue weighted by atomic mass is 10.00. The number of unbranched alkanes of at least 4 members (excludes halogenated alkanes) is 3. The normalized spacial score (nSPS) is 12.3. The predicted octanol–water partition coefficient (Wildman–Crippen LogP) is 5.52. The molecule has 0 aliphatic heterocycles. The van der Waals surface area contributed by atoms with E-state index in [9.17, 15) is 0 Å². The lowest BCUT2D eigenvalue weighted by molar-refractivity contribution is 0.472. The highest BCUT2D eigenvalue weighted by molar-refractivity contribution is 6.30. The van der Waals surface area contributed by atoms with Gasteiger partial charge in [-0.05, 0) is 49.9 Å². The second-order valence-corrected chi connectivity index (χ2v) is 5.42. The van der Waals surface area contributed by atoms with Crippen LogP contribution in [0.1, 0.15) is 57.1 Å². The quantitative estimate of drug-likeness (QED) is 0.439. The average Bonchev–Trinajstić information content (AvgIpc) is 2.43. The third-order valence-electron chi connectivity index (χ3n) is 3.31. The van der Waals surface area contributed by atoms with Crippen LogP contribution >= 0.6 is 11.6 Å². The van der Waals surface area contributed by atoms with Gasteiger partial charge in [0.05, 0.1) is 0 Å². The molecule has 1 nitrogen and oxygen atoms in total. The summed E-state index contributed by atoms with van der Waals surface area (Å²) >= 11 is 5.95. The highest BCUT2D eigenvalue weighted by Gasteiger charge is 2.09. The van der Waals surface area contributed by atoms with Gasteiger partial charge in [0, 0.05) is 11.1 Å². The van der Waals surface area contributed by atoms with Gasteiger partial charge < -0.3 is 5.32 Å². The summed E-state index contributed by atoms with van der Waals surface area (Å²) in [5.41, 5.74) is 1.35. The molecule has 1 N–H and O–H groups in total. The molecule has 1 rings (SSSR count). The van der Waals surface area contributed by atoms with Gasteiger partial charge in [-0.3, -0.25) is 0 Å². The van der Waals surface area contributed by atoms with Gasteiger partial charge in [-0.15, -0.1) is 6.58 Å². The fourth-order valence-corrected chi connectivity index (χ4v) is 2.34. The van der Waals surface area contributed by atoms with Crippen molar-refractivity contribution in [3.63, 3.8) is 0 Å². The first-order chi connectivity index (χ1) is 9.27. The number of allylic oxidation sites excluding steroid dienone is 1. The van der Waals surface area contributed by atoms with Crippen LogP contribution in [-0.2, 0) is 0 Å². The summed E-state index contributed by atoms with van der Waals surface area (Å²) in [4.78, 5) is 0. The molecule has 0 radical (unpaired) electrons. The summed E-state index contributed by atoms with van der Waals surface area (Å²) in [6, 6.07) is 8.70. The van der Waals surface area contributed by atoms with Crippen LogP contribution < -0.4 is 5.32 Å². The van der Waals surface area contributed by atoms with Gasteiger partial charge in [-0.2, -0.15) is 0 Å². The molecule has 0 bridgehead atoms. The number of hydrogen-bond donors (Lipinski definition) is 1. The van der Waals surface area contributed by atoms with E-state index in [-0.39, 0.29) is 0 Å². The van der Waals surface area contributed by atoms with E-state index in [1.54, 1.807) is 0 Å². The van der Waals surface area contributed by atoms with Crippen molar-refractivity contribution in [2.45, 2.75) is 51.5 Å². The number of hydrogen-bond acceptors (Lipinski definition) is 1. The third-order valence-corrected chi connectivity index (χ3v) is 3.57. The van der Waals surface area contributed by atoms with Gasteiger partial charge >= 0.3 is 0 Å². The van der Waals surface area contributed by atoms with Crippen molar-refractivity contribution < 1.29 is 0 Å². The average molecular weight is 280 g/mol. The van der Waals surface area contributed by atoms with E-state index >= 15 is 0 Å². The topological polar surface area (TPSA) is 12.0 Å². The van der Waals surface area contributed by atoms with Crippen LogP contribution in [0.4, 0.5) is 0 Å². The minimum atomic E-state index is 0.459. The zero-order valence-corrected chi connectivity index (χ0v) is 12.8. The van der Waals surface area contributed by atoms with Crippen molar-refractivity contribution in [1.82, 2.24) is 5.32 Å². The third kappa shape index (κ3) is 6.79. The summed E-state index contributed by atoms with van der Waals surface area (Å²) < 4.78 is 0. The number of halogens is 1. The van der Waals surface area contributed by atoms with Crippen molar-refractivity contribution >= 4 is 11.6 Å². The molecule has 1 atom stereocenters. The van der Waals surface area contributed by atoms with E-state index in [2.05, 4.69) is 31.0 Å². The van der Waals surface area contributed by atoms with E-state index in [0.29, 0.717) is 6.04 Å². The maximum absolute atomic E-state index is 5.95. The van der Waals surface area contributed by atoms with Crippen LogP contribution in [0, 0.1) is 0 Å². The smallest absolute Gasteiger partial charge is 0.0406 e. The second kappa shape index (κ2) is 10.1. The summed E-state index contributed by atoms with van der Waals surface area (Å²) in [5, 5.41) is 4.44. The number of nitrogens with one attached hydrogen (secondary N) is 1. The summed E-state index contributed by atoms with van der Waals surface area (Å²) in [5.74, 6) is 0. The Morgan fingerprint density at radius 1 is 1.21 bits per heavy atom. The second-order valence-electron chi connectivity index (χ2n) is 4.98. The van der Waals surface area contributed by atoms with Gasteiger partial charge in [-0.25, -0.2) is 0 Å². The van der Waals surface area contributed by atoms with E-state index in [1.165, 1.54) is 37.7 Å². The van der Waals surface area contributed by atoms with E-state index in [1.807, 2.05) is 18.2 Å². The van der Waals surface area contributed by atoms with Crippen LogP contribution in [0.25, 0.3) is 0 Å². The monoisotopic (exact) mass is 279 g/mol. The molecule has 19 heavy (non-hydrogen) atoms. The van der Waals surface area contributed by atoms with Gasteiger partial charge in [0.25, 0.3) is 0 Å². The predicted molar refractivity (Wildman–Crippen MR) is 85.8 cm³/mol. The van der Waals surface area contributed by atoms with E-state index < -0.39 is 0 Å². The van der Waals surface area contributed by atoms with Crippen molar-refractivity contribution in [1.29, 1.82) is 0 Å². The molecule has 0 saturated carbocycles. The number of benzene rings is 1. The highest BCUT2D eigenvalue weighted by atomic mass is 35.5. The Kier molecular flexibility index (Phi) is 8.61. The lowest BCUT2D eigenvalue weighted by Crippen LogP contribution is -2.22. The molecule has 0 spiro atoms. The lowest BCUT2D eigenvalue weighted by Gasteiger charge is -2.19. The maximum Gasteiger partial charge on any atom is 0.0406 e. The van der Waals surface area contributed by atoms with E-state index in [0.717, 1.165) is 18.0 Å². The van der Waals surface area contributed by atoms with Gasteiger partial charge in [-0.1, -0.05) is 49.6 Å². The molecule has 106 valence electrons. The zero-order chi connectivity index (χ0) is 13.9. The molecule has 0 amide bonds. The fraction of sp³-hybridized carbons (Fsp3) is 0.529. The van der Waals surface area contributed by atoms with Crippen LogP contribution in [0.2, 0.25) is 5.02 Å². The van der Waals surface area contributed by atoms with Crippen LogP contribution in [0.5, 0.6) is 0 Å². The van der Waals surface area contributed by atoms with E-state index in [4.69, 9.17) is 11.6 Å². The number of rotatable bonds is 10. The zero-order valence-electron chi connectivity index (χ0n) is 12.0. The Morgan fingerprint density at radius 3 is 2.58 bits per heavy atom. The first-order valence-corrected chi connectivity index (χ1v) is 7.75. The van der Waals surface area contributed by atoms with Crippen molar-refractivity contribution in [2.75, 3.05) is 6.54 Å².